The first-order valence-electron chi connectivity index (χ1n) is 5.91. The molecule has 0 aliphatic carbocycles. The largest absolute Gasteiger partial charge is 0.398 e. The summed E-state index contributed by atoms with van der Waals surface area (Å²) in [6.45, 7) is 5.39. The second kappa shape index (κ2) is 4.83. The van der Waals surface area contributed by atoms with Crippen molar-refractivity contribution in [3.63, 3.8) is 0 Å². The summed E-state index contributed by atoms with van der Waals surface area (Å²) in [6, 6.07) is 4.68. The summed E-state index contributed by atoms with van der Waals surface area (Å²) in [5, 5.41) is 0. The molecule has 0 aromatic heterocycles. The van der Waals surface area contributed by atoms with Gasteiger partial charge in [0.25, 0.3) is 0 Å². The zero-order chi connectivity index (χ0) is 11.5. The van der Waals surface area contributed by atoms with Crippen LogP contribution in [-0.2, 0) is 6.54 Å². The molecule has 88 valence electrons. The Kier molecular flexibility index (Phi) is 3.44. The molecule has 2 N–H and O–H groups in total. The van der Waals surface area contributed by atoms with Crippen molar-refractivity contribution in [3.8, 4) is 0 Å². The van der Waals surface area contributed by atoms with Gasteiger partial charge in [-0.2, -0.15) is 0 Å². The Hall–Kier alpha value is -1.09. The average Bonchev–Trinajstić information content (AvgIpc) is 2.25. The van der Waals surface area contributed by atoms with E-state index in [-0.39, 0.29) is 5.82 Å². The molecule has 16 heavy (non-hydrogen) atoms. The SMILES string of the molecule is CC1CCN(Cc2ccc(F)cc2N)CC1. The number of nitrogens with zero attached hydrogens (tertiary/aromatic N) is 1. The molecule has 0 saturated carbocycles. The highest BCUT2D eigenvalue weighted by molar-refractivity contribution is 5.46. The number of nitrogen functional groups attached to an aromatic ring is 1. The van der Waals surface area contributed by atoms with Gasteiger partial charge in [0.2, 0.25) is 0 Å². The third-order valence-corrected chi connectivity index (χ3v) is 3.38. The summed E-state index contributed by atoms with van der Waals surface area (Å²) in [7, 11) is 0. The zero-order valence-corrected chi connectivity index (χ0v) is 9.75. The normalized spacial score (nSPS) is 18.9. The van der Waals surface area contributed by atoms with E-state index in [1.165, 1.54) is 25.0 Å². The molecule has 1 aliphatic rings. The van der Waals surface area contributed by atoms with E-state index in [0.717, 1.165) is 31.1 Å². The first-order valence-corrected chi connectivity index (χ1v) is 5.91. The molecule has 2 nitrogen and oxygen atoms in total. The lowest BCUT2D eigenvalue weighted by molar-refractivity contribution is 0.185. The number of hydrogen-bond donors (Lipinski definition) is 1. The molecular formula is C13H19FN2. The number of likely N-dealkylation sites (tertiary alicyclic amines) is 1. The van der Waals surface area contributed by atoms with Gasteiger partial charge in [-0.25, -0.2) is 4.39 Å². The van der Waals surface area contributed by atoms with Crippen LogP contribution in [0.4, 0.5) is 10.1 Å². The first kappa shape index (κ1) is 11.4. The Morgan fingerprint density at radius 3 is 2.69 bits per heavy atom. The van der Waals surface area contributed by atoms with Gasteiger partial charge in [0.05, 0.1) is 0 Å². The van der Waals surface area contributed by atoms with Crippen LogP contribution in [0.3, 0.4) is 0 Å². The maximum atomic E-state index is 12.9. The van der Waals surface area contributed by atoms with Crippen LogP contribution in [0, 0.1) is 11.7 Å². The Balaban J connectivity index is 1.98. The fourth-order valence-corrected chi connectivity index (χ4v) is 2.17. The van der Waals surface area contributed by atoms with E-state index in [0.29, 0.717) is 5.69 Å². The molecular weight excluding hydrogens is 203 g/mol. The van der Waals surface area contributed by atoms with Crippen LogP contribution in [0.5, 0.6) is 0 Å². The van der Waals surface area contributed by atoms with Crippen molar-refractivity contribution in [1.29, 1.82) is 0 Å². The predicted octanol–water partition coefficient (Wildman–Crippen LogP) is 2.64. The summed E-state index contributed by atoms with van der Waals surface area (Å²) in [6.07, 6.45) is 2.50. The molecule has 1 aromatic rings. The third kappa shape index (κ3) is 2.73. The number of rotatable bonds is 2. The lowest BCUT2D eigenvalue weighted by Gasteiger charge is -2.30. The minimum atomic E-state index is -0.256. The summed E-state index contributed by atoms with van der Waals surface area (Å²) in [4.78, 5) is 2.39. The smallest absolute Gasteiger partial charge is 0.125 e. The van der Waals surface area contributed by atoms with Crippen molar-refractivity contribution in [2.75, 3.05) is 18.8 Å². The van der Waals surface area contributed by atoms with Gasteiger partial charge >= 0.3 is 0 Å². The van der Waals surface area contributed by atoms with Crippen molar-refractivity contribution in [2.45, 2.75) is 26.3 Å². The van der Waals surface area contributed by atoms with Gasteiger partial charge in [-0.3, -0.25) is 4.90 Å². The van der Waals surface area contributed by atoms with Gasteiger partial charge in [-0.05, 0) is 49.5 Å². The second-order valence-electron chi connectivity index (χ2n) is 4.80. The lowest BCUT2D eigenvalue weighted by Crippen LogP contribution is -2.32. The highest BCUT2D eigenvalue weighted by Crippen LogP contribution is 2.20. The number of benzene rings is 1. The van der Waals surface area contributed by atoms with Crippen LogP contribution in [0.15, 0.2) is 18.2 Å². The Labute approximate surface area is 96.2 Å². The number of anilines is 1. The van der Waals surface area contributed by atoms with Crippen molar-refractivity contribution in [3.05, 3.63) is 29.6 Å². The van der Waals surface area contributed by atoms with Gasteiger partial charge in [0, 0.05) is 12.2 Å². The van der Waals surface area contributed by atoms with Crippen molar-refractivity contribution in [2.24, 2.45) is 5.92 Å². The van der Waals surface area contributed by atoms with Crippen LogP contribution in [0.2, 0.25) is 0 Å². The summed E-state index contributed by atoms with van der Waals surface area (Å²) < 4.78 is 12.9. The molecule has 0 unspecified atom stereocenters. The minimum absolute atomic E-state index is 0.256. The summed E-state index contributed by atoms with van der Waals surface area (Å²) in [5.74, 6) is 0.579. The molecule has 0 spiro atoms. The molecule has 1 heterocycles. The Morgan fingerprint density at radius 2 is 2.06 bits per heavy atom. The molecule has 0 radical (unpaired) electrons. The maximum Gasteiger partial charge on any atom is 0.125 e. The molecule has 0 bridgehead atoms. The van der Waals surface area contributed by atoms with Crippen LogP contribution in [0.1, 0.15) is 25.3 Å². The van der Waals surface area contributed by atoms with E-state index >= 15 is 0 Å². The van der Waals surface area contributed by atoms with Crippen LogP contribution < -0.4 is 5.73 Å². The van der Waals surface area contributed by atoms with Gasteiger partial charge in [0.1, 0.15) is 5.82 Å². The van der Waals surface area contributed by atoms with Gasteiger partial charge < -0.3 is 5.73 Å². The molecule has 0 amide bonds. The summed E-state index contributed by atoms with van der Waals surface area (Å²) >= 11 is 0. The van der Waals surface area contributed by atoms with E-state index < -0.39 is 0 Å². The highest BCUT2D eigenvalue weighted by Gasteiger charge is 2.16. The molecule has 1 aliphatic heterocycles. The van der Waals surface area contributed by atoms with Crippen molar-refractivity contribution in [1.82, 2.24) is 4.90 Å². The van der Waals surface area contributed by atoms with E-state index in [2.05, 4.69) is 11.8 Å². The third-order valence-electron chi connectivity index (χ3n) is 3.38. The first-order chi connectivity index (χ1) is 7.65. The molecule has 1 aromatic carbocycles. The van der Waals surface area contributed by atoms with Crippen molar-refractivity contribution >= 4 is 5.69 Å². The standard InChI is InChI=1S/C13H19FN2/c1-10-4-6-16(7-5-10)9-11-2-3-12(14)8-13(11)15/h2-3,8,10H,4-7,9,15H2,1H3. The van der Waals surface area contributed by atoms with E-state index in [1.807, 2.05) is 0 Å². The number of piperidine rings is 1. The monoisotopic (exact) mass is 222 g/mol. The second-order valence-corrected chi connectivity index (χ2v) is 4.80. The zero-order valence-electron chi connectivity index (χ0n) is 9.75. The summed E-state index contributed by atoms with van der Waals surface area (Å²) in [5.41, 5.74) is 7.41. The number of nitrogens with two attached hydrogens (primary N) is 1. The van der Waals surface area contributed by atoms with E-state index in [4.69, 9.17) is 5.73 Å². The lowest BCUT2D eigenvalue weighted by atomic mass is 9.99. The fourth-order valence-electron chi connectivity index (χ4n) is 2.17. The Morgan fingerprint density at radius 1 is 1.38 bits per heavy atom. The van der Waals surface area contributed by atoms with Gasteiger partial charge in [-0.15, -0.1) is 0 Å². The maximum absolute atomic E-state index is 12.9. The predicted molar refractivity (Wildman–Crippen MR) is 64.5 cm³/mol. The van der Waals surface area contributed by atoms with Gasteiger partial charge in [0.15, 0.2) is 0 Å². The van der Waals surface area contributed by atoms with Crippen molar-refractivity contribution < 1.29 is 4.39 Å². The highest BCUT2D eigenvalue weighted by atomic mass is 19.1. The van der Waals surface area contributed by atoms with E-state index in [9.17, 15) is 4.39 Å². The number of halogens is 1. The van der Waals surface area contributed by atoms with Crippen LogP contribution in [0.25, 0.3) is 0 Å². The topological polar surface area (TPSA) is 29.3 Å². The molecule has 2 rings (SSSR count). The molecule has 0 atom stereocenters. The molecule has 1 saturated heterocycles. The average molecular weight is 222 g/mol. The quantitative estimate of drug-likeness (QED) is 0.779. The minimum Gasteiger partial charge on any atom is -0.398 e. The van der Waals surface area contributed by atoms with Crippen LogP contribution >= 0.6 is 0 Å². The van der Waals surface area contributed by atoms with Gasteiger partial charge in [-0.1, -0.05) is 13.0 Å². The van der Waals surface area contributed by atoms with Crippen LogP contribution in [-0.4, -0.2) is 18.0 Å². The molecule has 1 fully saturated rings. The number of hydrogen-bond acceptors (Lipinski definition) is 2. The molecule has 3 heteroatoms. The fraction of sp³-hybridized carbons (Fsp3) is 0.538. The van der Waals surface area contributed by atoms with E-state index in [1.54, 1.807) is 6.07 Å². The Bertz CT molecular complexity index is 357.